The number of fused-ring (bicyclic) bond motifs is 2. The van der Waals surface area contributed by atoms with Crippen LogP contribution in [0.4, 0.5) is 5.69 Å². The number of aliphatic hydroxyl groups excluding tert-OH is 1. The number of methoxy groups -OCH3 is 1. The lowest BCUT2D eigenvalue weighted by Crippen LogP contribution is -2.17. The highest BCUT2D eigenvalue weighted by molar-refractivity contribution is 6.10. The molecule has 9 nitrogen and oxygen atoms in total. The minimum atomic E-state index is -0.235. The molecule has 0 atom stereocenters. The molecule has 0 saturated heterocycles. The fourth-order valence-corrected chi connectivity index (χ4v) is 3.84. The Balaban J connectivity index is 2.08. The van der Waals surface area contributed by atoms with E-state index in [4.69, 9.17) is 20.7 Å². The van der Waals surface area contributed by atoms with E-state index in [1.807, 2.05) is 12.1 Å². The first kappa shape index (κ1) is 20.1. The zero-order valence-electron chi connectivity index (χ0n) is 16.7. The van der Waals surface area contributed by atoms with Gasteiger partial charge >= 0.3 is 0 Å². The number of ether oxygens (including phenoxy) is 1. The number of hydrogen-bond acceptors (Lipinski definition) is 8. The number of hydrogen-bond donors (Lipinski definition) is 5. The van der Waals surface area contributed by atoms with Gasteiger partial charge in [0.05, 0.1) is 35.7 Å². The molecule has 0 fully saturated rings. The molecule has 2 aromatic heterocycles. The second-order valence-corrected chi connectivity index (χ2v) is 7.05. The molecule has 0 saturated carbocycles. The molecular formula is C21H25N5O4. The highest BCUT2D eigenvalue weighted by Crippen LogP contribution is 2.36. The minimum Gasteiger partial charge on any atom is -0.506 e. The lowest BCUT2D eigenvalue weighted by Gasteiger charge is -2.13. The molecule has 30 heavy (non-hydrogen) atoms. The van der Waals surface area contributed by atoms with Crippen molar-refractivity contribution in [3.05, 3.63) is 40.2 Å². The number of phenols is 1. The maximum atomic E-state index is 13.6. The molecule has 4 aromatic rings. The molecule has 2 aromatic carbocycles. The van der Waals surface area contributed by atoms with Crippen molar-refractivity contribution in [2.75, 3.05) is 38.7 Å². The molecule has 0 spiro atoms. The Morgan fingerprint density at radius 1 is 1.17 bits per heavy atom. The summed E-state index contributed by atoms with van der Waals surface area (Å²) in [7, 11) is 1.49. The van der Waals surface area contributed by atoms with Gasteiger partial charge in [-0.1, -0.05) is 0 Å². The maximum Gasteiger partial charge on any atom is 0.203 e. The highest BCUT2D eigenvalue weighted by Gasteiger charge is 2.23. The van der Waals surface area contributed by atoms with E-state index in [1.165, 1.54) is 13.2 Å². The second-order valence-electron chi connectivity index (χ2n) is 7.05. The fraction of sp³-hybridized carbons (Fsp3) is 0.333. The van der Waals surface area contributed by atoms with Gasteiger partial charge in [-0.05, 0) is 37.2 Å². The molecule has 0 unspecified atom stereocenters. The summed E-state index contributed by atoms with van der Waals surface area (Å²) >= 11 is 0. The third-order valence-electron chi connectivity index (χ3n) is 5.20. The van der Waals surface area contributed by atoms with Crippen LogP contribution in [0.3, 0.4) is 0 Å². The number of pyridine rings is 1. The van der Waals surface area contributed by atoms with Crippen LogP contribution in [-0.2, 0) is 6.54 Å². The predicted molar refractivity (Wildman–Crippen MR) is 117 cm³/mol. The van der Waals surface area contributed by atoms with Crippen LogP contribution in [0.15, 0.2) is 29.1 Å². The fourth-order valence-electron chi connectivity index (χ4n) is 3.84. The van der Waals surface area contributed by atoms with Crippen molar-refractivity contribution >= 4 is 32.9 Å². The average Bonchev–Trinajstić information content (AvgIpc) is 3.11. The summed E-state index contributed by atoms with van der Waals surface area (Å²) in [4.78, 5) is 13.6. The van der Waals surface area contributed by atoms with Gasteiger partial charge in [0, 0.05) is 30.7 Å². The first-order valence-electron chi connectivity index (χ1n) is 9.87. The van der Waals surface area contributed by atoms with Gasteiger partial charge in [0.25, 0.3) is 0 Å². The molecule has 0 bridgehead atoms. The molecule has 6 N–H and O–H groups in total. The number of phenolic OH excluding ortho intramolecular Hbond substituents is 1. The van der Waals surface area contributed by atoms with Gasteiger partial charge in [-0.15, -0.1) is 0 Å². The number of rotatable bonds is 9. The highest BCUT2D eigenvalue weighted by atomic mass is 16.5. The van der Waals surface area contributed by atoms with Crippen LogP contribution < -0.4 is 26.5 Å². The quantitative estimate of drug-likeness (QED) is 0.203. The van der Waals surface area contributed by atoms with Gasteiger partial charge in [0.2, 0.25) is 5.43 Å². The molecule has 0 aliphatic carbocycles. The Kier molecular flexibility index (Phi) is 5.58. The molecule has 0 amide bonds. The van der Waals surface area contributed by atoms with E-state index in [9.17, 15) is 9.90 Å². The van der Waals surface area contributed by atoms with Crippen molar-refractivity contribution in [2.45, 2.75) is 13.0 Å². The van der Waals surface area contributed by atoms with Gasteiger partial charge in [-0.3, -0.25) is 4.79 Å². The summed E-state index contributed by atoms with van der Waals surface area (Å²) in [6, 6.07) is 6.86. The normalized spacial score (nSPS) is 11.7. The van der Waals surface area contributed by atoms with Crippen molar-refractivity contribution in [1.29, 1.82) is 0 Å². The SMILES string of the molecule is COc1ccc(O)c2c1c(=O)c1c(NCCCN)ccc3c(CNCCO)nn2c31. The number of nitrogens with one attached hydrogen (secondary N) is 2. The second kappa shape index (κ2) is 8.31. The third-order valence-corrected chi connectivity index (χ3v) is 5.20. The van der Waals surface area contributed by atoms with Gasteiger partial charge in [-0.25, -0.2) is 4.52 Å². The Labute approximate surface area is 172 Å². The zero-order valence-corrected chi connectivity index (χ0v) is 16.7. The van der Waals surface area contributed by atoms with Crippen LogP contribution in [0, 0.1) is 0 Å². The summed E-state index contributed by atoms with van der Waals surface area (Å²) in [5, 5.41) is 32.3. The van der Waals surface area contributed by atoms with E-state index < -0.39 is 0 Å². The van der Waals surface area contributed by atoms with Crippen LogP contribution in [0.25, 0.3) is 27.2 Å². The molecular weight excluding hydrogens is 386 g/mol. The molecule has 4 rings (SSSR count). The van der Waals surface area contributed by atoms with E-state index in [1.54, 1.807) is 10.6 Å². The number of nitrogens with zero attached hydrogens (tertiary/aromatic N) is 2. The molecule has 0 aliphatic rings. The summed E-state index contributed by atoms with van der Waals surface area (Å²) in [5.74, 6) is 0.323. The Bertz CT molecular complexity index is 1250. The van der Waals surface area contributed by atoms with Crippen molar-refractivity contribution in [2.24, 2.45) is 5.73 Å². The summed E-state index contributed by atoms with van der Waals surface area (Å²) in [6.07, 6.45) is 0.766. The van der Waals surface area contributed by atoms with Crippen molar-refractivity contribution in [3.63, 3.8) is 0 Å². The molecule has 0 radical (unpaired) electrons. The van der Waals surface area contributed by atoms with E-state index in [2.05, 4.69) is 10.6 Å². The molecule has 158 valence electrons. The van der Waals surface area contributed by atoms with E-state index in [0.717, 1.165) is 17.5 Å². The molecule has 9 heteroatoms. The lowest BCUT2D eigenvalue weighted by atomic mass is 10.0. The number of anilines is 1. The number of benzene rings is 2. The minimum absolute atomic E-state index is 0.0123. The predicted octanol–water partition coefficient (Wildman–Crippen LogP) is 0.995. The summed E-state index contributed by atoms with van der Waals surface area (Å²) in [5.41, 5.74) is 7.72. The third kappa shape index (κ3) is 3.17. The Hall–Kier alpha value is -3.14. The van der Waals surface area contributed by atoms with Crippen molar-refractivity contribution in [1.82, 2.24) is 14.9 Å². The first-order chi connectivity index (χ1) is 14.6. The monoisotopic (exact) mass is 411 g/mol. The summed E-state index contributed by atoms with van der Waals surface area (Å²) in [6.45, 7) is 2.03. The Morgan fingerprint density at radius 3 is 2.73 bits per heavy atom. The van der Waals surface area contributed by atoms with Crippen LogP contribution in [0.5, 0.6) is 11.5 Å². The molecule has 2 heterocycles. The van der Waals surface area contributed by atoms with Gasteiger partial charge in [0.1, 0.15) is 17.0 Å². The zero-order chi connectivity index (χ0) is 21.3. The maximum absolute atomic E-state index is 13.6. The standard InChI is InChI=1S/C21H25N5O4/c1-30-16-6-5-15(28)20-18(16)21(29)17-13(24-8-2-7-22)4-3-12-14(11-23-9-10-27)25-26(20)19(12)17/h3-6,23-24,27-28H,2,7-11,22H2,1H3. The Morgan fingerprint density at radius 2 is 2.00 bits per heavy atom. The van der Waals surface area contributed by atoms with Gasteiger partial charge < -0.3 is 31.3 Å². The van der Waals surface area contributed by atoms with Crippen LogP contribution >= 0.6 is 0 Å². The van der Waals surface area contributed by atoms with Gasteiger partial charge in [0.15, 0.2) is 0 Å². The number of aromatic hydroxyl groups is 1. The number of aliphatic hydroxyl groups is 1. The lowest BCUT2D eigenvalue weighted by molar-refractivity contribution is 0.291. The topological polar surface area (TPSA) is 134 Å². The van der Waals surface area contributed by atoms with Gasteiger partial charge in [-0.2, -0.15) is 5.10 Å². The average molecular weight is 411 g/mol. The van der Waals surface area contributed by atoms with Crippen molar-refractivity contribution < 1.29 is 14.9 Å². The van der Waals surface area contributed by atoms with Crippen LogP contribution in [0.2, 0.25) is 0 Å². The number of aromatic nitrogens is 2. The van der Waals surface area contributed by atoms with E-state index in [-0.39, 0.29) is 23.2 Å². The number of nitrogens with two attached hydrogens (primary N) is 1. The van der Waals surface area contributed by atoms with Crippen molar-refractivity contribution in [3.8, 4) is 11.5 Å². The largest absolute Gasteiger partial charge is 0.506 e. The molecule has 0 aliphatic heterocycles. The van der Waals surface area contributed by atoms with Crippen LogP contribution in [-0.4, -0.2) is 53.2 Å². The van der Waals surface area contributed by atoms with E-state index >= 15 is 0 Å². The summed E-state index contributed by atoms with van der Waals surface area (Å²) < 4.78 is 7.04. The van der Waals surface area contributed by atoms with Crippen LogP contribution in [0.1, 0.15) is 12.1 Å². The van der Waals surface area contributed by atoms with E-state index in [0.29, 0.717) is 54.0 Å². The smallest absolute Gasteiger partial charge is 0.203 e. The first-order valence-corrected chi connectivity index (χ1v) is 9.87.